The van der Waals surface area contributed by atoms with Gasteiger partial charge in [0.15, 0.2) is 11.6 Å². The van der Waals surface area contributed by atoms with E-state index in [0.29, 0.717) is 30.3 Å². The molecule has 1 saturated heterocycles. The molecule has 160 valence electrons. The fourth-order valence-electron chi connectivity index (χ4n) is 4.10. The van der Waals surface area contributed by atoms with Crippen molar-refractivity contribution in [1.82, 2.24) is 24.1 Å². The largest absolute Gasteiger partial charge is 0.368 e. The molecule has 0 amide bonds. The summed E-state index contributed by atoms with van der Waals surface area (Å²) in [4.78, 5) is 23.6. The first kappa shape index (κ1) is 20.0. The van der Waals surface area contributed by atoms with Gasteiger partial charge in [0.1, 0.15) is 23.0 Å². The molecule has 1 fully saturated rings. The fraction of sp³-hybridized carbons (Fsp3) is 0.190. The number of hydrogen-bond acceptors (Lipinski definition) is 7. The number of anilines is 2. The number of fused-ring (bicyclic) bond motifs is 1. The summed E-state index contributed by atoms with van der Waals surface area (Å²) in [5.41, 5.74) is 6.13. The number of rotatable bonds is 3. The molecule has 0 saturated carbocycles. The average molecular weight is 451 g/mol. The Balaban J connectivity index is 1.77. The van der Waals surface area contributed by atoms with Gasteiger partial charge in [0.05, 0.1) is 22.9 Å². The number of halogens is 2. The third-order valence-corrected chi connectivity index (χ3v) is 5.76. The molecule has 2 N–H and O–H groups in total. The molecule has 4 aromatic rings. The summed E-state index contributed by atoms with van der Waals surface area (Å²) < 4.78 is 16.9. The molecule has 0 unspecified atom stereocenters. The highest BCUT2D eigenvalue weighted by atomic mass is 35.5. The van der Waals surface area contributed by atoms with E-state index in [-0.39, 0.29) is 22.1 Å². The molecule has 1 atom stereocenters. The maximum atomic E-state index is 14.1. The van der Waals surface area contributed by atoms with Gasteiger partial charge in [-0.25, -0.2) is 13.9 Å². The predicted octanol–water partition coefficient (Wildman–Crippen LogP) is 2.86. The zero-order valence-corrected chi connectivity index (χ0v) is 17.4. The number of nitrogens with zero attached hydrogens (tertiary/aromatic N) is 7. The topological polar surface area (TPSA) is 118 Å². The van der Waals surface area contributed by atoms with Gasteiger partial charge in [-0.15, -0.1) is 0 Å². The predicted molar refractivity (Wildman–Crippen MR) is 116 cm³/mol. The van der Waals surface area contributed by atoms with Gasteiger partial charge in [-0.2, -0.15) is 15.3 Å². The SMILES string of the molecule is N#Cc1cnc(N)nc1N1CCC[C@H]1c1nn2ccc(Cl)c2c(=O)n1-c1cccc(F)c1. The van der Waals surface area contributed by atoms with Crippen LogP contribution in [-0.4, -0.2) is 30.7 Å². The number of benzene rings is 1. The van der Waals surface area contributed by atoms with Crippen molar-refractivity contribution in [3.05, 3.63) is 75.3 Å². The number of aromatic nitrogens is 5. The molecule has 0 aliphatic carbocycles. The molecule has 5 rings (SSSR count). The van der Waals surface area contributed by atoms with Crippen LogP contribution in [0.3, 0.4) is 0 Å². The van der Waals surface area contributed by atoms with E-state index >= 15 is 0 Å². The lowest BCUT2D eigenvalue weighted by Gasteiger charge is -2.27. The van der Waals surface area contributed by atoms with Crippen molar-refractivity contribution in [3.8, 4) is 11.8 Å². The first-order valence-corrected chi connectivity index (χ1v) is 10.2. The Morgan fingerprint density at radius 1 is 1.31 bits per heavy atom. The molecule has 0 spiro atoms. The fourth-order valence-corrected chi connectivity index (χ4v) is 4.32. The third kappa shape index (κ3) is 3.14. The Morgan fingerprint density at radius 3 is 2.94 bits per heavy atom. The summed E-state index contributed by atoms with van der Waals surface area (Å²) in [6.45, 7) is 0.569. The zero-order valence-electron chi connectivity index (χ0n) is 16.6. The maximum absolute atomic E-state index is 14.1. The van der Waals surface area contributed by atoms with Crippen LogP contribution in [0.5, 0.6) is 0 Å². The van der Waals surface area contributed by atoms with Gasteiger partial charge in [-0.05, 0) is 37.1 Å². The summed E-state index contributed by atoms with van der Waals surface area (Å²) in [6, 6.07) is 8.97. The number of nitriles is 1. The lowest BCUT2D eigenvalue weighted by atomic mass is 10.1. The number of nitrogen functional groups attached to an aromatic ring is 1. The Morgan fingerprint density at radius 2 is 2.16 bits per heavy atom. The molecule has 32 heavy (non-hydrogen) atoms. The van der Waals surface area contributed by atoms with Gasteiger partial charge in [0.2, 0.25) is 5.95 Å². The minimum Gasteiger partial charge on any atom is -0.368 e. The van der Waals surface area contributed by atoms with Crippen LogP contribution in [0.4, 0.5) is 16.2 Å². The van der Waals surface area contributed by atoms with Crippen molar-refractivity contribution in [2.75, 3.05) is 17.2 Å². The molecule has 11 heteroatoms. The van der Waals surface area contributed by atoms with Crippen molar-refractivity contribution in [2.24, 2.45) is 0 Å². The second-order valence-corrected chi connectivity index (χ2v) is 7.77. The van der Waals surface area contributed by atoms with Crippen molar-refractivity contribution < 1.29 is 4.39 Å². The van der Waals surface area contributed by atoms with Crippen LogP contribution in [0.1, 0.15) is 30.3 Å². The lowest BCUT2D eigenvalue weighted by molar-refractivity contribution is 0.595. The Kier molecular flexibility index (Phi) is 4.75. The van der Waals surface area contributed by atoms with Gasteiger partial charge in [0, 0.05) is 12.7 Å². The van der Waals surface area contributed by atoms with Crippen LogP contribution in [0, 0.1) is 17.1 Å². The van der Waals surface area contributed by atoms with Crippen LogP contribution in [0.2, 0.25) is 5.02 Å². The van der Waals surface area contributed by atoms with E-state index in [1.165, 1.54) is 33.5 Å². The zero-order chi connectivity index (χ0) is 22.4. The van der Waals surface area contributed by atoms with Crippen LogP contribution in [0.15, 0.2) is 47.5 Å². The smallest absolute Gasteiger partial charge is 0.284 e. The second-order valence-electron chi connectivity index (χ2n) is 7.36. The van der Waals surface area contributed by atoms with Crippen LogP contribution < -0.4 is 16.2 Å². The number of nitrogens with two attached hydrogens (primary N) is 1. The van der Waals surface area contributed by atoms with E-state index in [1.54, 1.807) is 18.3 Å². The minimum atomic E-state index is -0.486. The molecule has 1 aromatic carbocycles. The Labute approximate surface area is 186 Å². The number of hydrogen-bond donors (Lipinski definition) is 1. The highest BCUT2D eigenvalue weighted by molar-refractivity contribution is 6.33. The van der Waals surface area contributed by atoms with Gasteiger partial charge < -0.3 is 10.6 Å². The van der Waals surface area contributed by atoms with E-state index in [9.17, 15) is 14.4 Å². The third-order valence-electron chi connectivity index (χ3n) is 5.46. The van der Waals surface area contributed by atoms with E-state index in [2.05, 4.69) is 21.1 Å². The van der Waals surface area contributed by atoms with Crippen LogP contribution >= 0.6 is 11.6 Å². The van der Waals surface area contributed by atoms with E-state index in [0.717, 1.165) is 6.42 Å². The standard InChI is InChI=1S/C21H16ClFN8O/c22-15-6-8-30-17(15)20(32)31(14-4-1-3-13(23)9-14)19(28-30)16-5-2-7-29(16)18-12(10-24)11-26-21(25)27-18/h1,3-4,6,8-9,11,16H,2,5,7H2,(H2,25,26,27)/t16-/m0/s1. The molecule has 0 bridgehead atoms. The monoisotopic (exact) mass is 450 g/mol. The first-order chi connectivity index (χ1) is 15.5. The molecule has 9 nitrogen and oxygen atoms in total. The van der Waals surface area contributed by atoms with Gasteiger partial charge in [-0.1, -0.05) is 17.7 Å². The lowest BCUT2D eigenvalue weighted by Crippen LogP contribution is -2.33. The maximum Gasteiger partial charge on any atom is 0.284 e. The second kappa shape index (κ2) is 7.62. The Hall–Kier alpha value is -3.97. The molecule has 0 radical (unpaired) electrons. The summed E-state index contributed by atoms with van der Waals surface area (Å²) in [7, 11) is 0. The van der Waals surface area contributed by atoms with Gasteiger partial charge in [0.25, 0.3) is 5.56 Å². The van der Waals surface area contributed by atoms with Crippen molar-refractivity contribution in [2.45, 2.75) is 18.9 Å². The van der Waals surface area contributed by atoms with Crippen molar-refractivity contribution in [3.63, 3.8) is 0 Å². The molecular formula is C21H16ClFN8O. The highest BCUT2D eigenvalue weighted by Gasteiger charge is 2.34. The van der Waals surface area contributed by atoms with Gasteiger partial charge in [-0.3, -0.25) is 9.36 Å². The van der Waals surface area contributed by atoms with Crippen LogP contribution in [-0.2, 0) is 0 Å². The summed E-state index contributed by atoms with van der Waals surface area (Å²) in [6.07, 6.45) is 4.37. The molecular weight excluding hydrogens is 435 g/mol. The van der Waals surface area contributed by atoms with Crippen LogP contribution in [0.25, 0.3) is 11.2 Å². The molecule has 1 aliphatic heterocycles. The van der Waals surface area contributed by atoms with E-state index < -0.39 is 17.4 Å². The summed E-state index contributed by atoms with van der Waals surface area (Å²) >= 11 is 6.24. The minimum absolute atomic E-state index is 0.0350. The normalized spacial score (nSPS) is 15.9. The molecule has 3 aromatic heterocycles. The summed E-state index contributed by atoms with van der Waals surface area (Å²) in [5, 5.41) is 14.5. The average Bonchev–Trinajstić information content (AvgIpc) is 3.40. The van der Waals surface area contributed by atoms with Crippen molar-refractivity contribution >= 4 is 28.9 Å². The highest BCUT2D eigenvalue weighted by Crippen LogP contribution is 2.36. The first-order valence-electron chi connectivity index (χ1n) is 9.83. The van der Waals surface area contributed by atoms with E-state index in [1.807, 2.05) is 4.90 Å². The summed E-state index contributed by atoms with van der Waals surface area (Å²) in [5.74, 6) is 0.292. The Bertz CT molecular complexity index is 1460. The quantitative estimate of drug-likeness (QED) is 0.509. The van der Waals surface area contributed by atoms with Crippen molar-refractivity contribution in [1.29, 1.82) is 5.26 Å². The van der Waals surface area contributed by atoms with Gasteiger partial charge >= 0.3 is 0 Å². The molecule has 4 heterocycles. The van der Waals surface area contributed by atoms with E-state index in [4.69, 9.17) is 17.3 Å². The molecule has 1 aliphatic rings.